The molecule has 0 fully saturated rings. The van der Waals surface area contributed by atoms with E-state index in [2.05, 4.69) is 87.5 Å². The first kappa shape index (κ1) is 64.3. The topological polar surface area (TPSA) is 53.1 Å². The average molecular weight is 1490 g/mol. The van der Waals surface area contributed by atoms with Crippen molar-refractivity contribution in [2.24, 2.45) is 0 Å². The van der Waals surface area contributed by atoms with Crippen LogP contribution in [-0.4, -0.2) is 20.1 Å². The van der Waals surface area contributed by atoms with Crippen molar-refractivity contribution >= 4 is 196 Å². The zero-order valence-electron chi connectivity index (χ0n) is 59.1. The molecule has 2 aromatic heterocycles. The molecule has 0 unspecified atom stereocenters. The Bertz CT molecular complexity index is 6630. The normalized spacial score (nSPS) is 13.2. The molecular formula is C94H54B3F4N5O4S2. The van der Waals surface area contributed by atoms with Crippen molar-refractivity contribution in [2.45, 2.75) is 0 Å². The molecule has 112 heavy (non-hydrogen) atoms. The van der Waals surface area contributed by atoms with Gasteiger partial charge in [0, 0.05) is 128 Å². The van der Waals surface area contributed by atoms with E-state index in [1.54, 1.807) is 32.5 Å². The van der Waals surface area contributed by atoms with Crippen LogP contribution in [0, 0.1) is 23.3 Å². The van der Waals surface area contributed by atoms with E-state index in [-0.39, 0.29) is 11.4 Å². The third-order valence-electron chi connectivity index (χ3n) is 22.4. The molecule has 8 heterocycles. The molecule has 0 atom stereocenters. The lowest BCUT2D eigenvalue weighted by Gasteiger charge is -2.44. The highest BCUT2D eigenvalue weighted by molar-refractivity contribution is 7.34. The van der Waals surface area contributed by atoms with Crippen LogP contribution in [0.3, 0.4) is 0 Å². The standard InChI is InChI=1S/C94H54B3F4N5O4S2/c98-70-39-23-40-71(99)89(70)105-74-53-79-69(97-88-82(108-79)49-63(104(59-33-15-5-16-34-59)60-35-17-6-18-36-60)50-83(88)110-92-65-38-20-22-44-85(65)112-94(92)97)51-66(74)95-68-52-67-75(54-78(68)107-80-47-61(45-76(105)86(80)95)102(55-25-7-1-8-26-55)56-27-9-2-10-28-56)106(90-72(100)41-24-42-73(90)101)77-46-62(103(57-29-11-3-12-30-57)58-31-13-4-14-32-58)48-81-87(77)96(67)93-91(109-81)64-37-19-21-43-84(64)111-93/h1-54H. The van der Waals surface area contributed by atoms with E-state index in [1.165, 1.54) is 36.4 Å². The van der Waals surface area contributed by atoms with Crippen LogP contribution in [0.4, 0.5) is 103 Å². The molecule has 6 aliphatic heterocycles. The molecule has 0 N–H and O–H groups in total. The van der Waals surface area contributed by atoms with Crippen LogP contribution in [0.15, 0.2) is 328 Å². The van der Waals surface area contributed by atoms with E-state index in [9.17, 15) is 0 Å². The molecule has 6 aliphatic rings. The minimum absolute atomic E-state index is 0.300. The third-order valence-corrected chi connectivity index (χ3v) is 24.8. The SMILES string of the molecule is Fc1cccc(F)c1N1c2cc3c(cc2B2c4cc5c(cc4Oc4cc(N(c6ccccc6)c6ccccc6)cc1c42)N(c1c(F)cccc1F)c1cc(N(c2ccccc2)c2ccccc2)cc2c1B5c1sc4ccccc4c1O2)B1c2sc4ccccc4c2Oc2cc(N(c4ccccc4)c4ccccc4)cc(c21)O3. The van der Waals surface area contributed by atoms with Gasteiger partial charge in [-0.25, -0.2) is 17.6 Å². The zero-order chi connectivity index (χ0) is 74.1. The molecule has 0 amide bonds. The summed E-state index contributed by atoms with van der Waals surface area (Å²) in [5, 5.41) is 1.87. The second kappa shape index (κ2) is 24.9. The Kier molecular flexibility index (Phi) is 14.3. The number of fused-ring (bicyclic) bond motifs is 16. The van der Waals surface area contributed by atoms with E-state index in [0.29, 0.717) is 102 Å². The second-order valence-corrected chi connectivity index (χ2v) is 30.8. The second-order valence-electron chi connectivity index (χ2n) is 28.6. The van der Waals surface area contributed by atoms with Crippen molar-refractivity contribution < 1.29 is 36.5 Å². The van der Waals surface area contributed by atoms with Crippen molar-refractivity contribution in [3.05, 3.63) is 351 Å². The van der Waals surface area contributed by atoms with E-state index in [0.717, 1.165) is 86.2 Å². The third kappa shape index (κ3) is 9.71. The fraction of sp³-hybridized carbons (Fsp3) is 0. The van der Waals surface area contributed by atoms with Crippen LogP contribution in [0.5, 0.6) is 46.0 Å². The van der Waals surface area contributed by atoms with Gasteiger partial charge in [0.2, 0.25) is 0 Å². The molecule has 0 spiro atoms. The number of ether oxygens (including phenoxy) is 4. The number of benzene rings is 15. The fourth-order valence-corrected chi connectivity index (χ4v) is 20.4. The zero-order valence-corrected chi connectivity index (χ0v) is 60.7. The largest absolute Gasteiger partial charge is 0.458 e. The lowest BCUT2D eigenvalue weighted by atomic mass is 9.30. The Hall–Kier alpha value is -13.7. The highest BCUT2D eigenvalue weighted by Gasteiger charge is 2.52. The van der Waals surface area contributed by atoms with Gasteiger partial charge < -0.3 is 43.4 Å². The summed E-state index contributed by atoms with van der Waals surface area (Å²) in [5.41, 5.74) is 13.4. The first-order valence-electron chi connectivity index (χ1n) is 37.0. The molecule has 0 saturated carbocycles. The maximum absolute atomic E-state index is 18.0. The van der Waals surface area contributed by atoms with Crippen molar-refractivity contribution in [3.8, 4) is 46.0 Å². The molecule has 0 radical (unpaired) electrons. The summed E-state index contributed by atoms with van der Waals surface area (Å²) in [6, 6.07) is 105. The molecule has 17 aromatic rings. The Morgan fingerprint density at radius 2 is 0.554 bits per heavy atom. The maximum atomic E-state index is 18.0. The lowest BCUT2D eigenvalue weighted by Crippen LogP contribution is -2.64. The molecule has 0 aliphatic carbocycles. The van der Waals surface area contributed by atoms with Crippen LogP contribution in [0.25, 0.3) is 20.2 Å². The van der Waals surface area contributed by atoms with E-state index < -0.39 is 43.4 Å². The summed E-state index contributed by atoms with van der Waals surface area (Å²) in [6.07, 6.45) is 0. The van der Waals surface area contributed by atoms with E-state index >= 15 is 17.6 Å². The van der Waals surface area contributed by atoms with Crippen molar-refractivity contribution in [3.63, 3.8) is 0 Å². The van der Waals surface area contributed by atoms with E-state index in [4.69, 9.17) is 18.9 Å². The fourth-order valence-electron chi connectivity index (χ4n) is 17.8. The number of anilines is 15. The summed E-state index contributed by atoms with van der Waals surface area (Å²) in [7, 11) is 0. The minimum Gasteiger partial charge on any atom is -0.458 e. The monoisotopic (exact) mass is 1490 g/mol. The average Bonchev–Trinajstić information content (AvgIpc) is 1.35. The summed E-state index contributed by atoms with van der Waals surface area (Å²) < 4.78 is 105. The maximum Gasteiger partial charge on any atom is 0.273 e. The van der Waals surface area contributed by atoms with Gasteiger partial charge in [-0.1, -0.05) is 158 Å². The van der Waals surface area contributed by atoms with Crippen LogP contribution < -0.4 is 91.2 Å². The molecule has 18 heteroatoms. The molecule has 23 rings (SSSR count). The summed E-state index contributed by atoms with van der Waals surface area (Å²) in [5.74, 6) is 1.11. The van der Waals surface area contributed by atoms with Crippen LogP contribution in [-0.2, 0) is 0 Å². The number of rotatable bonds is 11. The number of para-hydroxylation sites is 8. The Balaban J connectivity index is 0.819. The van der Waals surface area contributed by atoms with Crippen molar-refractivity contribution in [1.82, 2.24) is 0 Å². The summed E-state index contributed by atoms with van der Waals surface area (Å²) in [4.78, 5) is 9.83. The highest BCUT2D eigenvalue weighted by Crippen LogP contribution is 2.54. The summed E-state index contributed by atoms with van der Waals surface area (Å²) >= 11 is 3.28. The predicted octanol–water partition coefficient (Wildman–Crippen LogP) is 20.6. The van der Waals surface area contributed by atoms with Gasteiger partial charge in [0.1, 0.15) is 80.6 Å². The number of hydrogen-bond acceptors (Lipinski definition) is 11. The van der Waals surface area contributed by atoms with Crippen molar-refractivity contribution in [1.29, 1.82) is 0 Å². The van der Waals surface area contributed by atoms with Crippen LogP contribution >= 0.6 is 22.7 Å². The van der Waals surface area contributed by atoms with Crippen LogP contribution in [0.2, 0.25) is 0 Å². The lowest BCUT2D eigenvalue weighted by molar-refractivity contribution is 0.468. The molecule has 0 saturated heterocycles. The van der Waals surface area contributed by atoms with Gasteiger partial charge in [0.05, 0.1) is 17.1 Å². The highest BCUT2D eigenvalue weighted by atomic mass is 32.1. The van der Waals surface area contributed by atoms with Gasteiger partial charge in [-0.15, -0.1) is 22.7 Å². The number of hydrogen-bond donors (Lipinski definition) is 0. The Morgan fingerprint density at radius 3 is 0.946 bits per heavy atom. The van der Waals surface area contributed by atoms with Gasteiger partial charge in [0.25, 0.3) is 20.1 Å². The van der Waals surface area contributed by atoms with Gasteiger partial charge in [-0.3, -0.25) is 0 Å². The quantitative estimate of drug-likeness (QED) is 0.0931. The number of nitrogens with zero attached hydrogens (tertiary/aromatic N) is 5. The van der Waals surface area contributed by atoms with Gasteiger partial charge in [0.15, 0.2) is 0 Å². The first-order chi connectivity index (χ1) is 55.2. The number of thiophene rings is 2. The van der Waals surface area contributed by atoms with Crippen LogP contribution in [0.1, 0.15) is 0 Å². The first-order valence-corrected chi connectivity index (χ1v) is 38.7. The van der Waals surface area contributed by atoms with Gasteiger partial charge in [-0.05, 0) is 166 Å². The predicted molar refractivity (Wildman–Crippen MR) is 450 cm³/mol. The molecule has 528 valence electrons. The molecule has 15 aromatic carbocycles. The minimum atomic E-state index is -0.801. The summed E-state index contributed by atoms with van der Waals surface area (Å²) in [6.45, 7) is -1.90. The van der Waals surface area contributed by atoms with Crippen molar-refractivity contribution in [2.75, 3.05) is 24.5 Å². The smallest absolute Gasteiger partial charge is 0.273 e. The molecule has 9 nitrogen and oxygen atoms in total. The Morgan fingerprint density at radius 1 is 0.250 bits per heavy atom. The van der Waals surface area contributed by atoms with E-state index in [1.807, 2.05) is 218 Å². The Labute approximate surface area is 649 Å². The number of halogens is 4. The molecule has 0 bridgehead atoms. The van der Waals surface area contributed by atoms with Gasteiger partial charge >= 0.3 is 0 Å². The van der Waals surface area contributed by atoms with Gasteiger partial charge in [-0.2, -0.15) is 0 Å². The molecular weight excluding hydrogens is 1440 g/mol.